The highest BCUT2D eigenvalue weighted by atomic mass is 32.2. The minimum atomic E-state index is -2.24. The molecule has 0 aliphatic rings. The third kappa shape index (κ3) is 3.46. The van der Waals surface area contributed by atoms with E-state index in [4.69, 9.17) is 4.74 Å². The zero-order valence-electron chi connectivity index (χ0n) is 6.06. The van der Waals surface area contributed by atoms with E-state index >= 15 is 0 Å². The van der Waals surface area contributed by atoms with Crippen molar-refractivity contribution in [1.82, 2.24) is 9.88 Å². The van der Waals surface area contributed by atoms with Crippen LogP contribution < -0.4 is 9.46 Å². The van der Waals surface area contributed by atoms with Crippen LogP contribution in [0, 0.1) is 0 Å². The molecule has 12 heavy (non-hydrogen) atoms. The summed E-state index contributed by atoms with van der Waals surface area (Å²) in [5.74, 6) is 0.341. The predicted molar refractivity (Wildman–Crippen MR) is 38.9 cm³/mol. The second kappa shape index (κ2) is 4.86. The maximum atomic E-state index is 9.96. The monoisotopic (exact) mass is 191 g/mol. The highest BCUT2D eigenvalue weighted by Gasteiger charge is 1.94. The third-order valence-corrected chi connectivity index (χ3v) is 1.43. The summed E-state index contributed by atoms with van der Waals surface area (Å²) in [4.78, 5) is 0. The lowest BCUT2D eigenvalue weighted by atomic mass is 10.7. The van der Waals surface area contributed by atoms with Crippen LogP contribution in [0.4, 0.5) is 0 Å². The lowest BCUT2D eigenvalue weighted by Crippen LogP contribution is -2.22. The van der Waals surface area contributed by atoms with Gasteiger partial charge in [-0.1, -0.05) is 0 Å². The van der Waals surface area contributed by atoms with Gasteiger partial charge in [-0.15, -0.1) is 0 Å². The van der Waals surface area contributed by atoms with Gasteiger partial charge in [0.25, 0.3) is 5.88 Å². The van der Waals surface area contributed by atoms with Crippen molar-refractivity contribution in [2.45, 2.75) is 0 Å². The molecule has 0 bridgehead atoms. The summed E-state index contributed by atoms with van der Waals surface area (Å²) < 4.78 is 31.5. The summed E-state index contributed by atoms with van der Waals surface area (Å²) in [6.07, 6.45) is 1.37. The minimum absolute atomic E-state index is 0.211. The van der Waals surface area contributed by atoms with Crippen molar-refractivity contribution in [3.8, 4) is 5.88 Å². The van der Waals surface area contributed by atoms with E-state index in [-0.39, 0.29) is 13.2 Å². The third-order valence-electron chi connectivity index (χ3n) is 0.986. The lowest BCUT2D eigenvalue weighted by molar-refractivity contribution is 0.283. The summed E-state index contributed by atoms with van der Waals surface area (Å²) in [6.45, 7) is 0.434. The van der Waals surface area contributed by atoms with Crippen LogP contribution in [-0.2, 0) is 11.3 Å². The molecule has 0 radical (unpaired) electrons. The molecule has 1 N–H and O–H groups in total. The van der Waals surface area contributed by atoms with Crippen molar-refractivity contribution < 1.29 is 18.0 Å². The molecule has 68 valence electrons. The average Bonchev–Trinajstić information content (AvgIpc) is 2.49. The average molecular weight is 191 g/mol. The first-order chi connectivity index (χ1) is 5.79. The Morgan fingerprint density at radius 3 is 3.25 bits per heavy atom. The molecule has 0 aromatic carbocycles. The van der Waals surface area contributed by atoms with Crippen molar-refractivity contribution >= 4 is 11.3 Å². The highest BCUT2D eigenvalue weighted by Crippen LogP contribution is 2.02. The van der Waals surface area contributed by atoms with Gasteiger partial charge in [-0.2, -0.15) is 0 Å². The molecule has 0 amide bonds. The van der Waals surface area contributed by atoms with E-state index in [1.54, 1.807) is 0 Å². The van der Waals surface area contributed by atoms with Crippen LogP contribution in [-0.4, -0.2) is 27.1 Å². The van der Waals surface area contributed by atoms with Crippen LogP contribution in [0.1, 0.15) is 0 Å². The summed E-state index contributed by atoms with van der Waals surface area (Å²) in [6, 6.07) is 1.54. The normalized spacial score (nSPS) is 12.8. The van der Waals surface area contributed by atoms with Gasteiger partial charge >= 0.3 is 0 Å². The zero-order chi connectivity index (χ0) is 8.81. The Labute approximate surface area is 71.3 Å². The second-order valence-corrected chi connectivity index (χ2v) is 2.57. The van der Waals surface area contributed by atoms with Crippen molar-refractivity contribution in [2.24, 2.45) is 0 Å². The van der Waals surface area contributed by atoms with Crippen molar-refractivity contribution in [1.29, 1.82) is 0 Å². The molecule has 1 aromatic heterocycles. The van der Waals surface area contributed by atoms with Crippen LogP contribution in [0.3, 0.4) is 0 Å². The van der Waals surface area contributed by atoms with Crippen LogP contribution >= 0.6 is 0 Å². The van der Waals surface area contributed by atoms with Crippen molar-refractivity contribution in [3.63, 3.8) is 0 Å². The fraction of sp³-hybridized carbons (Fsp3) is 0.400. The van der Waals surface area contributed by atoms with E-state index in [1.165, 1.54) is 12.3 Å². The Balaban J connectivity index is 2.07. The molecule has 1 aromatic rings. The minimum Gasteiger partial charge on any atom is -0.760 e. The summed E-state index contributed by atoms with van der Waals surface area (Å²) in [5.41, 5.74) is 0. The van der Waals surface area contributed by atoms with Gasteiger partial charge in [-0.05, 0) is 5.16 Å². The van der Waals surface area contributed by atoms with E-state index in [0.29, 0.717) is 5.88 Å². The number of nitrogens with one attached hydrogen (secondary N) is 1. The SMILES string of the molecule is O=S([O-])NCCOc1ccon1. The fourth-order valence-corrected chi connectivity index (χ4v) is 0.807. The number of ether oxygens (including phenoxy) is 1. The van der Waals surface area contributed by atoms with Gasteiger partial charge in [-0.3, -0.25) is 4.21 Å². The topological polar surface area (TPSA) is 87.4 Å². The van der Waals surface area contributed by atoms with E-state index in [9.17, 15) is 8.76 Å². The van der Waals surface area contributed by atoms with E-state index in [2.05, 4.69) is 14.4 Å². The van der Waals surface area contributed by atoms with Gasteiger partial charge in [0.15, 0.2) is 0 Å². The zero-order valence-corrected chi connectivity index (χ0v) is 6.87. The Hall–Kier alpha value is -0.920. The number of hydrogen-bond donors (Lipinski definition) is 1. The Kier molecular flexibility index (Phi) is 3.71. The Bertz CT molecular complexity index is 238. The first-order valence-corrected chi connectivity index (χ1v) is 4.22. The quantitative estimate of drug-likeness (QED) is 0.497. The number of hydrogen-bond acceptors (Lipinski definition) is 5. The molecule has 1 rings (SSSR count). The van der Waals surface area contributed by atoms with Gasteiger partial charge in [0.05, 0.1) is 0 Å². The van der Waals surface area contributed by atoms with E-state index < -0.39 is 11.3 Å². The predicted octanol–water partition coefficient (Wildman–Crippen LogP) is -0.563. The molecule has 0 aliphatic heterocycles. The molecular weight excluding hydrogens is 184 g/mol. The fourth-order valence-electron chi connectivity index (χ4n) is 0.557. The number of aromatic nitrogens is 1. The van der Waals surface area contributed by atoms with Crippen LogP contribution in [0.2, 0.25) is 0 Å². The van der Waals surface area contributed by atoms with Gasteiger partial charge in [0.1, 0.15) is 12.9 Å². The molecule has 6 nitrogen and oxygen atoms in total. The molecule has 7 heteroatoms. The molecule has 0 saturated heterocycles. The standard InChI is InChI=1S/C5H8N2O4S/c8-12(9)6-2-4-10-5-1-3-11-7-5/h1,3,6H,2,4H2,(H,8,9)/p-1. The molecule has 1 atom stereocenters. The van der Waals surface area contributed by atoms with Gasteiger partial charge in [0, 0.05) is 23.9 Å². The maximum absolute atomic E-state index is 9.96. The van der Waals surface area contributed by atoms with Crippen LogP contribution in [0.15, 0.2) is 16.9 Å². The Morgan fingerprint density at radius 2 is 2.67 bits per heavy atom. The molecule has 1 heterocycles. The van der Waals surface area contributed by atoms with Gasteiger partial charge in [-0.25, -0.2) is 4.72 Å². The maximum Gasteiger partial charge on any atom is 0.254 e. The van der Waals surface area contributed by atoms with Crippen LogP contribution in [0.25, 0.3) is 0 Å². The molecule has 0 aliphatic carbocycles. The first kappa shape index (κ1) is 9.17. The first-order valence-electron chi connectivity index (χ1n) is 3.15. The highest BCUT2D eigenvalue weighted by molar-refractivity contribution is 7.77. The Morgan fingerprint density at radius 1 is 1.83 bits per heavy atom. The van der Waals surface area contributed by atoms with E-state index in [1.807, 2.05) is 0 Å². The van der Waals surface area contributed by atoms with Crippen molar-refractivity contribution in [3.05, 3.63) is 12.3 Å². The van der Waals surface area contributed by atoms with Crippen molar-refractivity contribution in [2.75, 3.05) is 13.2 Å². The number of nitrogens with zero attached hydrogens (tertiary/aromatic N) is 1. The largest absolute Gasteiger partial charge is 0.760 e. The molecule has 0 spiro atoms. The van der Waals surface area contributed by atoms with E-state index in [0.717, 1.165) is 0 Å². The van der Waals surface area contributed by atoms with Crippen LogP contribution in [0.5, 0.6) is 5.88 Å². The van der Waals surface area contributed by atoms with Gasteiger partial charge < -0.3 is 13.8 Å². The summed E-state index contributed by atoms with van der Waals surface area (Å²) >= 11 is -2.24. The van der Waals surface area contributed by atoms with Gasteiger partial charge in [0.2, 0.25) is 0 Å². The lowest BCUT2D eigenvalue weighted by Gasteiger charge is -2.06. The number of rotatable bonds is 5. The molecule has 1 unspecified atom stereocenters. The second-order valence-electron chi connectivity index (χ2n) is 1.82. The summed E-state index contributed by atoms with van der Waals surface area (Å²) in [5, 5.41) is 3.45. The molecule has 0 fully saturated rings. The summed E-state index contributed by atoms with van der Waals surface area (Å²) in [7, 11) is 0. The smallest absolute Gasteiger partial charge is 0.254 e. The molecule has 0 saturated carbocycles. The molecular formula is C5H7N2O4S-.